The Morgan fingerprint density at radius 2 is 2.00 bits per heavy atom. The van der Waals surface area contributed by atoms with Crippen molar-refractivity contribution in [1.82, 2.24) is 0 Å². The number of cyclic esters (lactones) is 1. The van der Waals surface area contributed by atoms with Gasteiger partial charge in [-0.2, -0.15) is 0 Å². The van der Waals surface area contributed by atoms with Gasteiger partial charge in [0.05, 0.1) is 0 Å². The second kappa shape index (κ2) is 6.92. The number of esters is 2. The van der Waals surface area contributed by atoms with Gasteiger partial charge >= 0.3 is 11.9 Å². The Kier molecular flexibility index (Phi) is 5.08. The van der Waals surface area contributed by atoms with E-state index >= 15 is 0 Å². The Morgan fingerprint density at radius 1 is 1.30 bits per heavy atom. The predicted molar refractivity (Wildman–Crippen MR) is 101 cm³/mol. The maximum atomic E-state index is 12.4. The summed E-state index contributed by atoms with van der Waals surface area (Å²) in [6.45, 7) is 10.4. The Bertz CT molecular complexity index is 733. The molecule has 0 radical (unpaired) electrons. The lowest BCUT2D eigenvalue weighted by atomic mass is 9.46. The standard InChI is InChI=1S/C22H30O5/c1-13-8-17(24)10-19-21(4,7-6-16-9-20(25)26-12-16)14(2)18(27-15(3)23)11-22(13,19)5/h8-9,14,18-19H,6-7,10-12H2,1-5H3. The highest BCUT2D eigenvalue weighted by atomic mass is 16.5. The minimum absolute atomic E-state index is 0.122. The number of ether oxygens (including phenoxy) is 2. The van der Waals surface area contributed by atoms with Crippen molar-refractivity contribution in [1.29, 1.82) is 0 Å². The van der Waals surface area contributed by atoms with Gasteiger partial charge in [0.15, 0.2) is 5.78 Å². The van der Waals surface area contributed by atoms with Crippen LogP contribution in [0.2, 0.25) is 0 Å². The summed E-state index contributed by atoms with van der Waals surface area (Å²) in [5.41, 5.74) is 1.72. The molecule has 0 N–H and O–H groups in total. The van der Waals surface area contributed by atoms with Crippen molar-refractivity contribution in [2.45, 2.75) is 66.4 Å². The molecule has 0 amide bonds. The molecule has 2 aliphatic carbocycles. The number of hydrogen-bond acceptors (Lipinski definition) is 5. The van der Waals surface area contributed by atoms with E-state index in [1.54, 1.807) is 12.2 Å². The van der Waals surface area contributed by atoms with Crippen LogP contribution in [0.1, 0.15) is 60.3 Å². The van der Waals surface area contributed by atoms with Crippen molar-refractivity contribution in [2.75, 3.05) is 6.61 Å². The largest absolute Gasteiger partial charge is 0.462 e. The zero-order valence-electron chi connectivity index (χ0n) is 17.0. The average molecular weight is 374 g/mol. The van der Waals surface area contributed by atoms with Crippen molar-refractivity contribution in [2.24, 2.45) is 22.7 Å². The minimum atomic E-state index is -0.277. The Morgan fingerprint density at radius 3 is 2.59 bits per heavy atom. The van der Waals surface area contributed by atoms with Crippen LogP contribution in [0.15, 0.2) is 23.3 Å². The van der Waals surface area contributed by atoms with Crippen LogP contribution in [-0.2, 0) is 23.9 Å². The molecule has 5 heteroatoms. The first-order valence-corrected chi connectivity index (χ1v) is 9.81. The van der Waals surface area contributed by atoms with Gasteiger partial charge in [0.1, 0.15) is 12.7 Å². The highest BCUT2D eigenvalue weighted by molar-refractivity contribution is 5.92. The summed E-state index contributed by atoms with van der Waals surface area (Å²) in [5.74, 6) is -0.0546. The second-order valence-electron chi connectivity index (χ2n) is 9.02. The van der Waals surface area contributed by atoms with Gasteiger partial charge in [-0.05, 0) is 60.5 Å². The van der Waals surface area contributed by atoms with Crippen molar-refractivity contribution in [3.05, 3.63) is 23.3 Å². The summed E-state index contributed by atoms with van der Waals surface area (Å²) in [6.07, 6.45) is 6.02. The second-order valence-corrected chi connectivity index (χ2v) is 9.02. The highest BCUT2D eigenvalue weighted by Gasteiger charge is 2.58. The van der Waals surface area contributed by atoms with Crippen LogP contribution < -0.4 is 0 Å². The summed E-state index contributed by atoms with van der Waals surface area (Å²) >= 11 is 0. The highest BCUT2D eigenvalue weighted by Crippen LogP contribution is 2.62. The first-order chi connectivity index (χ1) is 12.6. The van der Waals surface area contributed by atoms with Gasteiger partial charge in [-0.25, -0.2) is 4.79 Å². The fourth-order valence-corrected chi connectivity index (χ4v) is 5.51. The van der Waals surface area contributed by atoms with Gasteiger partial charge in [0.25, 0.3) is 0 Å². The van der Waals surface area contributed by atoms with Crippen LogP contribution in [0.3, 0.4) is 0 Å². The number of allylic oxidation sites excluding steroid dienone is 2. The molecule has 5 unspecified atom stereocenters. The topological polar surface area (TPSA) is 69.7 Å². The van der Waals surface area contributed by atoms with E-state index in [-0.39, 0.29) is 46.5 Å². The molecule has 1 fully saturated rings. The zero-order valence-corrected chi connectivity index (χ0v) is 17.0. The number of carbonyl (C=O) groups is 3. The number of hydrogen-bond donors (Lipinski definition) is 0. The van der Waals surface area contributed by atoms with Gasteiger partial charge in [0.2, 0.25) is 0 Å². The van der Waals surface area contributed by atoms with Gasteiger partial charge < -0.3 is 9.47 Å². The molecular formula is C22H30O5. The molecule has 3 rings (SSSR count). The third-order valence-electron chi connectivity index (χ3n) is 7.50. The first kappa shape index (κ1) is 19.8. The molecule has 1 aliphatic heterocycles. The van der Waals surface area contributed by atoms with Crippen LogP contribution in [0.25, 0.3) is 0 Å². The van der Waals surface area contributed by atoms with Gasteiger partial charge in [0, 0.05) is 19.4 Å². The number of fused-ring (bicyclic) bond motifs is 1. The molecule has 0 spiro atoms. The molecule has 3 aliphatic rings. The van der Waals surface area contributed by atoms with Crippen LogP contribution in [0.5, 0.6) is 0 Å². The van der Waals surface area contributed by atoms with Gasteiger partial charge in [-0.3, -0.25) is 9.59 Å². The molecule has 5 atom stereocenters. The summed E-state index contributed by atoms with van der Waals surface area (Å²) in [5, 5.41) is 0. The number of ketones is 1. The monoisotopic (exact) mass is 374 g/mol. The van der Waals surface area contributed by atoms with E-state index in [2.05, 4.69) is 20.8 Å². The molecule has 0 aromatic rings. The zero-order chi connectivity index (χ0) is 20.0. The minimum Gasteiger partial charge on any atom is -0.462 e. The van der Waals surface area contributed by atoms with E-state index < -0.39 is 0 Å². The van der Waals surface area contributed by atoms with Crippen LogP contribution in [0.4, 0.5) is 0 Å². The van der Waals surface area contributed by atoms with E-state index in [1.807, 2.05) is 6.92 Å². The number of rotatable bonds is 4. The fourth-order valence-electron chi connectivity index (χ4n) is 5.51. The third-order valence-corrected chi connectivity index (χ3v) is 7.50. The quantitative estimate of drug-likeness (QED) is 0.701. The summed E-state index contributed by atoms with van der Waals surface area (Å²) in [7, 11) is 0. The molecule has 0 saturated heterocycles. The van der Waals surface area contributed by atoms with Crippen molar-refractivity contribution < 1.29 is 23.9 Å². The van der Waals surface area contributed by atoms with E-state index in [0.717, 1.165) is 30.4 Å². The molecule has 1 heterocycles. The number of carbonyl (C=O) groups excluding carboxylic acids is 3. The van der Waals surface area contributed by atoms with Crippen molar-refractivity contribution >= 4 is 17.7 Å². The lowest BCUT2D eigenvalue weighted by Crippen LogP contribution is -2.56. The molecule has 0 aromatic heterocycles. The summed E-state index contributed by atoms with van der Waals surface area (Å²) < 4.78 is 10.8. The average Bonchev–Trinajstić information content (AvgIpc) is 2.99. The normalized spacial score (nSPS) is 38.6. The lowest BCUT2D eigenvalue weighted by molar-refractivity contribution is -0.171. The Hall–Kier alpha value is -1.91. The van der Waals surface area contributed by atoms with Crippen LogP contribution >= 0.6 is 0 Å². The predicted octanol–water partition coefficient (Wildman–Crippen LogP) is 3.77. The van der Waals surface area contributed by atoms with E-state index in [0.29, 0.717) is 13.0 Å². The maximum Gasteiger partial charge on any atom is 0.331 e. The Labute approximate surface area is 161 Å². The summed E-state index contributed by atoms with van der Waals surface area (Å²) in [6, 6.07) is 0. The summed E-state index contributed by atoms with van der Waals surface area (Å²) in [4.78, 5) is 35.5. The molecule has 27 heavy (non-hydrogen) atoms. The van der Waals surface area contributed by atoms with E-state index in [9.17, 15) is 14.4 Å². The molecule has 5 nitrogen and oxygen atoms in total. The molecular weight excluding hydrogens is 344 g/mol. The van der Waals surface area contributed by atoms with Gasteiger partial charge in [-0.15, -0.1) is 0 Å². The van der Waals surface area contributed by atoms with E-state index in [4.69, 9.17) is 9.47 Å². The molecule has 0 aromatic carbocycles. The smallest absolute Gasteiger partial charge is 0.331 e. The SMILES string of the molecule is CC(=O)OC1CC2(C)C(C)=CC(=O)CC2C(C)(CCC2=CC(=O)OC2)C1C. The van der Waals surface area contributed by atoms with E-state index in [1.165, 1.54) is 6.92 Å². The first-order valence-electron chi connectivity index (χ1n) is 9.81. The van der Waals surface area contributed by atoms with Crippen molar-refractivity contribution in [3.8, 4) is 0 Å². The van der Waals surface area contributed by atoms with Crippen molar-refractivity contribution in [3.63, 3.8) is 0 Å². The maximum absolute atomic E-state index is 12.4. The molecule has 148 valence electrons. The van der Waals surface area contributed by atoms with Crippen LogP contribution in [-0.4, -0.2) is 30.4 Å². The fraction of sp³-hybridized carbons (Fsp3) is 0.682. The Balaban J connectivity index is 1.95. The van der Waals surface area contributed by atoms with Gasteiger partial charge in [-0.1, -0.05) is 26.3 Å². The molecule has 0 bridgehead atoms. The third kappa shape index (κ3) is 3.48. The lowest BCUT2D eigenvalue weighted by Gasteiger charge is -2.59. The van der Waals surface area contributed by atoms with Crippen LogP contribution in [0, 0.1) is 22.7 Å². The molecule has 1 saturated carbocycles.